The van der Waals surface area contributed by atoms with Crippen LogP contribution in [0, 0.1) is 6.67 Å². The molecule has 1 heterocycles. The molecule has 2 aromatic rings. The van der Waals surface area contributed by atoms with Crippen molar-refractivity contribution in [3.05, 3.63) is 66.8 Å². The third-order valence-electron chi connectivity index (χ3n) is 3.40. The second-order valence-electron chi connectivity index (χ2n) is 4.85. The topological polar surface area (TPSA) is 6.48 Å². The van der Waals surface area contributed by atoms with Gasteiger partial charge in [-0.05, 0) is 24.1 Å². The van der Waals surface area contributed by atoms with E-state index in [-0.39, 0.29) is 0 Å². The Morgan fingerprint density at radius 1 is 0.850 bits per heavy atom. The van der Waals surface area contributed by atoms with Crippen LogP contribution in [-0.4, -0.2) is 11.0 Å². The standard InChI is InChI=1S/C17H17IN2/c18-11-6-12-19-14-20(13-15-7-2-1-3-8-15)17-10-5-4-9-16(17)19/h1-5,7-10H,6,11-13H2. The van der Waals surface area contributed by atoms with Gasteiger partial charge in [-0.15, -0.1) is 0 Å². The van der Waals surface area contributed by atoms with Crippen LogP contribution in [0.1, 0.15) is 12.0 Å². The number of fused-ring (bicyclic) bond motifs is 1. The summed E-state index contributed by atoms with van der Waals surface area (Å²) in [7, 11) is 0. The minimum Gasteiger partial charge on any atom is -0.340 e. The lowest BCUT2D eigenvalue weighted by Crippen LogP contribution is -2.25. The molecule has 0 amide bonds. The van der Waals surface area contributed by atoms with Gasteiger partial charge in [-0.25, -0.2) is 0 Å². The highest BCUT2D eigenvalue weighted by Crippen LogP contribution is 2.38. The van der Waals surface area contributed by atoms with Crippen LogP contribution in [-0.2, 0) is 6.54 Å². The first-order chi connectivity index (χ1) is 9.88. The normalized spacial score (nSPS) is 13.7. The number of benzene rings is 2. The Balaban J connectivity index is 1.80. The van der Waals surface area contributed by atoms with Crippen molar-refractivity contribution < 1.29 is 0 Å². The van der Waals surface area contributed by atoms with Crippen LogP contribution in [0.15, 0.2) is 54.6 Å². The number of halogens is 1. The second-order valence-corrected chi connectivity index (χ2v) is 5.93. The Morgan fingerprint density at radius 3 is 2.20 bits per heavy atom. The van der Waals surface area contributed by atoms with E-state index in [0.29, 0.717) is 0 Å². The van der Waals surface area contributed by atoms with E-state index in [9.17, 15) is 0 Å². The molecular formula is C17H17IN2. The molecule has 0 N–H and O–H groups in total. The van der Waals surface area contributed by atoms with Gasteiger partial charge in [-0.2, -0.15) is 0 Å². The Hall–Kier alpha value is -1.23. The van der Waals surface area contributed by atoms with Gasteiger partial charge in [0.2, 0.25) is 6.67 Å². The molecule has 2 nitrogen and oxygen atoms in total. The first-order valence-corrected chi connectivity index (χ1v) is 8.41. The Bertz CT molecular complexity index is 556. The van der Waals surface area contributed by atoms with Crippen LogP contribution in [0.5, 0.6) is 0 Å². The van der Waals surface area contributed by atoms with Crippen LogP contribution < -0.4 is 9.80 Å². The summed E-state index contributed by atoms with van der Waals surface area (Å²) >= 11 is 2.43. The van der Waals surface area contributed by atoms with Crippen LogP contribution in [0.25, 0.3) is 0 Å². The Kier molecular flexibility index (Phi) is 4.45. The molecule has 1 aliphatic rings. The van der Waals surface area contributed by atoms with Crippen LogP contribution in [0.2, 0.25) is 0 Å². The molecule has 3 heteroatoms. The number of alkyl halides is 1. The summed E-state index contributed by atoms with van der Waals surface area (Å²) in [5.41, 5.74) is 3.84. The van der Waals surface area contributed by atoms with Gasteiger partial charge in [-0.3, -0.25) is 0 Å². The number of para-hydroxylation sites is 2. The lowest BCUT2D eigenvalue weighted by Gasteiger charge is -2.19. The summed E-state index contributed by atoms with van der Waals surface area (Å²) in [5, 5.41) is 0. The number of rotatable bonds is 5. The van der Waals surface area contributed by atoms with Gasteiger partial charge in [-0.1, -0.05) is 65.1 Å². The number of anilines is 2. The summed E-state index contributed by atoms with van der Waals surface area (Å²) < 4.78 is 1.18. The molecule has 1 aliphatic heterocycles. The van der Waals surface area contributed by atoms with Crippen molar-refractivity contribution in [3.63, 3.8) is 0 Å². The van der Waals surface area contributed by atoms with Crippen molar-refractivity contribution in [1.29, 1.82) is 0 Å². The van der Waals surface area contributed by atoms with Crippen molar-refractivity contribution in [2.75, 3.05) is 20.8 Å². The molecule has 0 aromatic heterocycles. The maximum atomic E-state index is 3.50. The molecule has 0 aliphatic carbocycles. The lowest BCUT2D eigenvalue weighted by molar-refractivity contribution is 0.825. The summed E-state index contributed by atoms with van der Waals surface area (Å²) in [4.78, 5) is 4.47. The van der Waals surface area contributed by atoms with Crippen LogP contribution in [0.3, 0.4) is 0 Å². The molecule has 3 rings (SSSR count). The van der Waals surface area contributed by atoms with Crippen molar-refractivity contribution >= 4 is 34.0 Å². The van der Waals surface area contributed by atoms with Gasteiger partial charge in [0.1, 0.15) is 0 Å². The van der Waals surface area contributed by atoms with E-state index in [0.717, 1.165) is 13.1 Å². The maximum absolute atomic E-state index is 3.50. The zero-order valence-electron chi connectivity index (χ0n) is 11.3. The van der Waals surface area contributed by atoms with E-state index < -0.39 is 0 Å². The molecule has 0 fully saturated rings. The molecule has 0 unspecified atom stereocenters. The Labute approximate surface area is 134 Å². The predicted octanol–water partition coefficient (Wildman–Crippen LogP) is 4.33. The molecule has 102 valence electrons. The Morgan fingerprint density at radius 2 is 1.50 bits per heavy atom. The third kappa shape index (κ3) is 2.92. The van der Waals surface area contributed by atoms with E-state index in [1.54, 1.807) is 0 Å². The average molecular weight is 376 g/mol. The van der Waals surface area contributed by atoms with Gasteiger partial charge in [0.15, 0.2) is 0 Å². The van der Waals surface area contributed by atoms with Crippen molar-refractivity contribution in [1.82, 2.24) is 0 Å². The fourth-order valence-electron chi connectivity index (χ4n) is 2.45. The SMILES string of the molecule is ICCCN1[C]N(Cc2ccccc2)c2ccccc21. The van der Waals surface area contributed by atoms with Gasteiger partial charge in [0.05, 0.1) is 11.4 Å². The highest BCUT2D eigenvalue weighted by Gasteiger charge is 2.26. The lowest BCUT2D eigenvalue weighted by atomic mass is 10.2. The van der Waals surface area contributed by atoms with Crippen molar-refractivity contribution in [3.8, 4) is 0 Å². The zero-order chi connectivity index (χ0) is 13.8. The molecule has 0 saturated carbocycles. The molecule has 2 aromatic carbocycles. The average Bonchev–Trinajstić information content (AvgIpc) is 2.85. The third-order valence-corrected chi connectivity index (χ3v) is 4.17. The smallest absolute Gasteiger partial charge is 0.209 e. The number of hydrogen-bond acceptors (Lipinski definition) is 2. The van der Waals surface area contributed by atoms with Gasteiger partial charge >= 0.3 is 0 Å². The molecular weight excluding hydrogens is 359 g/mol. The highest BCUT2D eigenvalue weighted by molar-refractivity contribution is 14.1. The minimum atomic E-state index is 0.874. The fourth-order valence-corrected chi connectivity index (χ4v) is 2.79. The van der Waals surface area contributed by atoms with Crippen molar-refractivity contribution in [2.45, 2.75) is 13.0 Å². The first kappa shape index (κ1) is 13.7. The van der Waals surface area contributed by atoms with Crippen LogP contribution >= 0.6 is 22.6 Å². The molecule has 0 saturated heterocycles. The quantitative estimate of drug-likeness (QED) is 0.566. The summed E-state index contributed by atoms with van der Waals surface area (Å²) in [6, 6.07) is 19.1. The zero-order valence-corrected chi connectivity index (χ0v) is 13.5. The predicted molar refractivity (Wildman–Crippen MR) is 93.2 cm³/mol. The maximum Gasteiger partial charge on any atom is 0.209 e. The molecule has 0 spiro atoms. The van der Waals surface area contributed by atoms with Crippen molar-refractivity contribution in [2.24, 2.45) is 0 Å². The van der Waals surface area contributed by atoms with E-state index in [4.69, 9.17) is 0 Å². The van der Waals surface area contributed by atoms with E-state index in [1.807, 2.05) is 0 Å². The molecule has 2 radical (unpaired) electrons. The number of hydrogen-bond donors (Lipinski definition) is 0. The van der Waals surface area contributed by atoms with E-state index in [2.05, 4.69) is 93.7 Å². The highest BCUT2D eigenvalue weighted by atomic mass is 127. The van der Waals surface area contributed by atoms with Crippen LogP contribution in [0.4, 0.5) is 11.4 Å². The van der Waals surface area contributed by atoms with Gasteiger partial charge in [0, 0.05) is 17.5 Å². The fraction of sp³-hybridized carbons (Fsp3) is 0.235. The summed E-state index contributed by atoms with van der Waals surface area (Å²) in [6.45, 7) is 5.41. The van der Waals surface area contributed by atoms with Gasteiger partial charge in [0.25, 0.3) is 0 Å². The van der Waals surface area contributed by atoms with Gasteiger partial charge < -0.3 is 9.80 Å². The summed E-state index contributed by atoms with van der Waals surface area (Å²) in [5.74, 6) is 0. The summed E-state index contributed by atoms with van der Waals surface area (Å²) in [6.07, 6.45) is 1.18. The van der Waals surface area contributed by atoms with E-state index >= 15 is 0 Å². The van der Waals surface area contributed by atoms with E-state index in [1.165, 1.54) is 27.8 Å². The monoisotopic (exact) mass is 376 g/mol. The largest absolute Gasteiger partial charge is 0.340 e. The first-order valence-electron chi connectivity index (χ1n) is 6.89. The minimum absolute atomic E-state index is 0.874. The molecule has 0 bridgehead atoms. The molecule has 0 atom stereocenters. The molecule has 20 heavy (non-hydrogen) atoms. The number of nitrogens with zero attached hydrogens (tertiary/aromatic N) is 2. The second kappa shape index (κ2) is 6.48.